The maximum Gasteiger partial charge on any atom is 0.107 e. The van der Waals surface area contributed by atoms with Gasteiger partial charge in [0.2, 0.25) is 0 Å². The minimum absolute atomic E-state index is 0.701. The van der Waals surface area contributed by atoms with Gasteiger partial charge < -0.3 is 0 Å². The van der Waals surface area contributed by atoms with Crippen LogP contribution in [-0.4, -0.2) is 4.98 Å². The molecule has 0 saturated heterocycles. The summed E-state index contributed by atoms with van der Waals surface area (Å²) in [6.45, 7) is 0. The molecule has 1 nitrogen and oxygen atoms in total. The van der Waals surface area contributed by atoms with E-state index in [4.69, 9.17) is 11.6 Å². The minimum atomic E-state index is 0.701. The predicted octanol–water partition coefficient (Wildman–Crippen LogP) is 2.50. The maximum atomic E-state index is 5.57. The fourth-order valence-electron chi connectivity index (χ4n) is 0.379. The van der Waals surface area contributed by atoms with E-state index in [2.05, 4.69) is 20.9 Å². The molecule has 1 heterocycles. The van der Waals surface area contributed by atoms with E-state index in [1.165, 1.54) is 0 Å². The molecule has 0 aliphatic rings. The SMILES string of the molecule is Clc1ccnc(Br)c1. The molecule has 3 heteroatoms. The Hall–Kier alpha value is -0.0800. The zero-order chi connectivity index (χ0) is 5.98. The van der Waals surface area contributed by atoms with Crippen LogP contribution in [0.3, 0.4) is 0 Å². The average Bonchev–Trinajstić information content (AvgIpc) is 1.64. The first-order chi connectivity index (χ1) is 3.79. The molecule has 8 heavy (non-hydrogen) atoms. The van der Waals surface area contributed by atoms with Crippen LogP contribution in [-0.2, 0) is 0 Å². The van der Waals surface area contributed by atoms with Crippen molar-refractivity contribution in [2.75, 3.05) is 0 Å². The second-order valence-electron chi connectivity index (χ2n) is 1.30. The van der Waals surface area contributed by atoms with E-state index in [1.54, 1.807) is 18.3 Å². The van der Waals surface area contributed by atoms with E-state index in [0.29, 0.717) is 5.02 Å². The Morgan fingerprint density at radius 1 is 1.62 bits per heavy atom. The van der Waals surface area contributed by atoms with Gasteiger partial charge in [0.25, 0.3) is 0 Å². The number of aromatic nitrogens is 1. The summed E-state index contributed by atoms with van der Waals surface area (Å²) in [5.41, 5.74) is 0. The lowest BCUT2D eigenvalue weighted by atomic mass is 10.5. The molecule has 1 aromatic heterocycles. The summed E-state index contributed by atoms with van der Waals surface area (Å²) >= 11 is 8.74. The molecule has 0 spiro atoms. The van der Waals surface area contributed by atoms with E-state index >= 15 is 0 Å². The molecule has 0 fully saturated rings. The number of rotatable bonds is 0. The zero-order valence-electron chi connectivity index (χ0n) is 3.94. The summed E-state index contributed by atoms with van der Waals surface area (Å²) in [7, 11) is 0. The Morgan fingerprint density at radius 3 is 2.75 bits per heavy atom. The standard InChI is InChI=1S/C5H3BrClN/c6-5-3-4(7)1-2-8-5/h1-3H. The second kappa shape index (κ2) is 2.46. The number of nitrogens with zero attached hydrogens (tertiary/aromatic N) is 1. The quantitative estimate of drug-likeness (QED) is 0.576. The fraction of sp³-hybridized carbons (Fsp3) is 0. The van der Waals surface area contributed by atoms with Crippen LogP contribution >= 0.6 is 27.5 Å². The van der Waals surface area contributed by atoms with Gasteiger partial charge in [0.1, 0.15) is 4.60 Å². The third kappa shape index (κ3) is 1.46. The molecule has 0 aliphatic heterocycles. The minimum Gasteiger partial charge on any atom is -0.249 e. The molecular weight excluding hydrogens is 189 g/mol. The van der Waals surface area contributed by atoms with Gasteiger partial charge in [-0.15, -0.1) is 0 Å². The highest BCUT2D eigenvalue weighted by atomic mass is 79.9. The van der Waals surface area contributed by atoms with Crippen LogP contribution in [0.15, 0.2) is 22.9 Å². The van der Waals surface area contributed by atoms with Crippen LogP contribution in [0.1, 0.15) is 0 Å². The summed E-state index contributed by atoms with van der Waals surface area (Å²) in [5, 5.41) is 0.701. The summed E-state index contributed by atoms with van der Waals surface area (Å²) in [4.78, 5) is 3.87. The molecule has 0 radical (unpaired) electrons. The van der Waals surface area contributed by atoms with Crippen molar-refractivity contribution >= 4 is 27.5 Å². The molecule has 0 aliphatic carbocycles. The summed E-state index contributed by atoms with van der Waals surface area (Å²) in [6.07, 6.45) is 1.65. The maximum absolute atomic E-state index is 5.57. The molecule has 0 unspecified atom stereocenters. The van der Waals surface area contributed by atoms with Gasteiger partial charge in [0.05, 0.1) is 0 Å². The topological polar surface area (TPSA) is 12.9 Å². The van der Waals surface area contributed by atoms with Crippen LogP contribution in [0.5, 0.6) is 0 Å². The van der Waals surface area contributed by atoms with Crippen molar-refractivity contribution in [1.29, 1.82) is 0 Å². The predicted molar refractivity (Wildman–Crippen MR) is 36.9 cm³/mol. The van der Waals surface area contributed by atoms with Gasteiger partial charge in [0.15, 0.2) is 0 Å². The van der Waals surface area contributed by atoms with Crippen molar-refractivity contribution in [2.24, 2.45) is 0 Å². The van der Waals surface area contributed by atoms with Crippen LogP contribution in [0.4, 0.5) is 0 Å². The highest BCUT2D eigenvalue weighted by molar-refractivity contribution is 9.10. The molecule has 0 N–H and O–H groups in total. The average molecular weight is 192 g/mol. The Balaban J connectivity index is 3.08. The Morgan fingerprint density at radius 2 is 2.38 bits per heavy atom. The van der Waals surface area contributed by atoms with Crippen LogP contribution < -0.4 is 0 Å². The fourth-order valence-corrected chi connectivity index (χ4v) is 1.04. The lowest BCUT2D eigenvalue weighted by molar-refractivity contribution is 1.28. The normalized spacial score (nSPS) is 9.25. The highest BCUT2D eigenvalue weighted by Gasteiger charge is 1.85. The van der Waals surface area contributed by atoms with Gasteiger partial charge in [-0.25, -0.2) is 4.98 Å². The lowest BCUT2D eigenvalue weighted by Crippen LogP contribution is -1.69. The molecule has 0 bridgehead atoms. The highest BCUT2D eigenvalue weighted by Crippen LogP contribution is 2.11. The van der Waals surface area contributed by atoms with Crippen molar-refractivity contribution in [3.05, 3.63) is 28.0 Å². The number of pyridine rings is 1. The molecule has 0 saturated carbocycles. The lowest BCUT2D eigenvalue weighted by Gasteiger charge is -1.86. The smallest absolute Gasteiger partial charge is 0.107 e. The molecule has 1 rings (SSSR count). The van der Waals surface area contributed by atoms with Gasteiger partial charge in [-0.1, -0.05) is 11.6 Å². The molecular formula is C5H3BrClN. The first-order valence-corrected chi connectivity index (χ1v) is 3.23. The van der Waals surface area contributed by atoms with E-state index in [-0.39, 0.29) is 0 Å². The number of hydrogen-bond donors (Lipinski definition) is 0. The van der Waals surface area contributed by atoms with Crippen molar-refractivity contribution in [3.63, 3.8) is 0 Å². The van der Waals surface area contributed by atoms with Crippen molar-refractivity contribution in [2.45, 2.75) is 0 Å². The van der Waals surface area contributed by atoms with E-state index in [1.807, 2.05) is 0 Å². The molecule has 1 aromatic rings. The summed E-state index contributed by atoms with van der Waals surface area (Å²) in [6, 6.07) is 3.47. The Labute approximate surface area is 60.8 Å². The summed E-state index contributed by atoms with van der Waals surface area (Å²) < 4.78 is 0.769. The molecule has 0 amide bonds. The number of halogens is 2. The second-order valence-corrected chi connectivity index (χ2v) is 2.55. The third-order valence-electron chi connectivity index (χ3n) is 0.689. The van der Waals surface area contributed by atoms with E-state index in [9.17, 15) is 0 Å². The molecule has 0 atom stereocenters. The van der Waals surface area contributed by atoms with Gasteiger partial charge >= 0.3 is 0 Å². The molecule has 0 aromatic carbocycles. The first kappa shape index (κ1) is 6.05. The van der Waals surface area contributed by atoms with E-state index < -0.39 is 0 Å². The van der Waals surface area contributed by atoms with Gasteiger partial charge in [-0.2, -0.15) is 0 Å². The van der Waals surface area contributed by atoms with Gasteiger partial charge in [-0.05, 0) is 28.1 Å². The van der Waals surface area contributed by atoms with Crippen LogP contribution in [0.2, 0.25) is 5.02 Å². The largest absolute Gasteiger partial charge is 0.249 e. The monoisotopic (exact) mass is 191 g/mol. The Kier molecular flexibility index (Phi) is 1.86. The number of hydrogen-bond acceptors (Lipinski definition) is 1. The van der Waals surface area contributed by atoms with Crippen molar-refractivity contribution < 1.29 is 0 Å². The zero-order valence-corrected chi connectivity index (χ0v) is 6.28. The van der Waals surface area contributed by atoms with Gasteiger partial charge in [-0.3, -0.25) is 0 Å². The van der Waals surface area contributed by atoms with Crippen molar-refractivity contribution in [1.82, 2.24) is 4.98 Å². The van der Waals surface area contributed by atoms with Gasteiger partial charge in [0, 0.05) is 11.2 Å². The van der Waals surface area contributed by atoms with Crippen molar-refractivity contribution in [3.8, 4) is 0 Å². The van der Waals surface area contributed by atoms with Crippen LogP contribution in [0.25, 0.3) is 0 Å². The molecule has 42 valence electrons. The first-order valence-electron chi connectivity index (χ1n) is 2.06. The van der Waals surface area contributed by atoms with E-state index in [0.717, 1.165) is 4.60 Å². The Bertz CT molecular complexity index is 172. The van der Waals surface area contributed by atoms with Crippen LogP contribution in [0, 0.1) is 0 Å². The third-order valence-corrected chi connectivity index (χ3v) is 1.36. The summed E-state index contributed by atoms with van der Waals surface area (Å²) in [5.74, 6) is 0.